The summed E-state index contributed by atoms with van der Waals surface area (Å²) in [6.07, 6.45) is 2.04. The first-order valence-electron chi connectivity index (χ1n) is 8.02. The summed E-state index contributed by atoms with van der Waals surface area (Å²) in [5, 5.41) is 16.1. The molecule has 1 unspecified atom stereocenters. The molecule has 3 heterocycles. The summed E-state index contributed by atoms with van der Waals surface area (Å²) in [5.41, 5.74) is 7.51. The molecule has 1 aliphatic heterocycles. The number of aliphatic hydroxyl groups excluding tert-OH is 1. The summed E-state index contributed by atoms with van der Waals surface area (Å²) >= 11 is 13.8. The van der Waals surface area contributed by atoms with Crippen LogP contribution in [0.5, 0.6) is 0 Å². The summed E-state index contributed by atoms with van der Waals surface area (Å²) in [6, 6.07) is 5.58. The zero-order chi connectivity index (χ0) is 17.6. The van der Waals surface area contributed by atoms with Crippen LogP contribution in [0.1, 0.15) is 18.5 Å². The summed E-state index contributed by atoms with van der Waals surface area (Å²) in [5.74, 6) is 0.764. The van der Waals surface area contributed by atoms with Crippen LogP contribution in [0, 0.1) is 0 Å². The fourth-order valence-corrected chi connectivity index (χ4v) is 4.54. The summed E-state index contributed by atoms with van der Waals surface area (Å²) < 4.78 is 1.69. The molecule has 0 bridgehead atoms. The molecule has 0 amide bonds. The second-order valence-corrected chi connectivity index (χ2v) is 7.83. The third-order valence-corrected chi connectivity index (χ3v) is 6.13. The van der Waals surface area contributed by atoms with E-state index in [0.29, 0.717) is 25.7 Å². The van der Waals surface area contributed by atoms with Crippen LogP contribution in [-0.4, -0.2) is 38.8 Å². The third-order valence-electron chi connectivity index (χ3n) is 4.36. The molecule has 1 saturated heterocycles. The van der Waals surface area contributed by atoms with E-state index in [1.54, 1.807) is 10.6 Å². The van der Waals surface area contributed by atoms with Gasteiger partial charge >= 0.3 is 0 Å². The van der Waals surface area contributed by atoms with E-state index in [2.05, 4.69) is 10.00 Å². The predicted molar refractivity (Wildman–Crippen MR) is 102 cm³/mol. The molecule has 0 radical (unpaired) electrons. The van der Waals surface area contributed by atoms with Gasteiger partial charge in [0.15, 0.2) is 5.82 Å². The smallest absolute Gasteiger partial charge is 0.214 e. The van der Waals surface area contributed by atoms with Crippen LogP contribution in [0.25, 0.3) is 15.5 Å². The molecule has 6 nitrogen and oxygen atoms in total. The first-order valence-corrected chi connectivity index (χ1v) is 9.60. The van der Waals surface area contributed by atoms with Crippen molar-refractivity contribution in [2.45, 2.75) is 25.5 Å². The highest BCUT2D eigenvalue weighted by molar-refractivity contribution is 7.20. The molecule has 2 aromatic heterocycles. The van der Waals surface area contributed by atoms with Crippen molar-refractivity contribution < 1.29 is 5.11 Å². The number of anilines is 1. The van der Waals surface area contributed by atoms with E-state index < -0.39 is 0 Å². The number of hydrogen-bond donors (Lipinski definition) is 2. The van der Waals surface area contributed by atoms with Crippen molar-refractivity contribution >= 4 is 45.3 Å². The van der Waals surface area contributed by atoms with Gasteiger partial charge in [0.1, 0.15) is 10.7 Å². The highest BCUT2D eigenvalue weighted by Crippen LogP contribution is 2.37. The minimum absolute atomic E-state index is 0.133. The summed E-state index contributed by atoms with van der Waals surface area (Å²) in [6.45, 7) is 1.48. The van der Waals surface area contributed by atoms with Crippen molar-refractivity contribution in [2.75, 3.05) is 18.0 Å². The minimum Gasteiger partial charge on any atom is -0.390 e. The molecule has 25 heavy (non-hydrogen) atoms. The van der Waals surface area contributed by atoms with Crippen LogP contribution in [-0.2, 0) is 6.61 Å². The number of aliphatic hydroxyl groups is 1. The predicted octanol–water partition coefficient (Wildman–Crippen LogP) is 3.18. The van der Waals surface area contributed by atoms with Crippen LogP contribution < -0.4 is 10.6 Å². The lowest BCUT2D eigenvalue weighted by Crippen LogP contribution is -2.43. The SMILES string of the molecule is NC1CCCN(c2nc3sc(-c4cccc(Cl)c4Cl)nn3c2CO)C1. The van der Waals surface area contributed by atoms with E-state index >= 15 is 0 Å². The van der Waals surface area contributed by atoms with E-state index in [-0.39, 0.29) is 12.6 Å². The van der Waals surface area contributed by atoms with Gasteiger partial charge in [-0.05, 0) is 18.9 Å². The Morgan fingerprint density at radius 2 is 2.20 bits per heavy atom. The Bertz CT molecular complexity index is 925. The number of imidazole rings is 1. The van der Waals surface area contributed by atoms with Gasteiger partial charge in [-0.15, -0.1) is 0 Å². The number of benzene rings is 1. The summed E-state index contributed by atoms with van der Waals surface area (Å²) in [7, 11) is 0. The Hall–Kier alpha value is -1.38. The fourth-order valence-electron chi connectivity index (χ4n) is 3.15. The fraction of sp³-hybridized carbons (Fsp3) is 0.375. The molecule has 1 aliphatic rings. The quantitative estimate of drug-likeness (QED) is 0.709. The zero-order valence-corrected chi connectivity index (χ0v) is 15.7. The van der Waals surface area contributed by atoms with E-state index in [4.69, 9.17) is 33.9 Å². The average molecular weight is 398 g/mol. The van der Waals surface area contributed by atoms with Crippen molar-refractivity contribution in [1.82, 2.24) is 14.6 Å². The number of rotatable bonds is 3. The maximum absolute atomic E-state index is 9.88. The highest BCUT2D eigenvalue weighted by atomic mass is 35.5. The topological polar surface area (TPSA) is 79.7 Å². The molecule has 4 rings (SSSR count). The monoisotopic (exact) mass is 397 g/mol. The van der Waals surface area contributed by atoms with Gasteiger partial charge in [-0.2, -0.15) is 10.1 Å². The molecule has 3 N–H and O–H groups in total. The lowest BCUT2D eigenvalue weighted by molar-refractivity contribution is 0.274. The van der Waals surface area contributed by atoms with Crippen LogP contribution >= 0.6 is 34.5 Å². The number of nitrogens with zero attached hydrogens (tertiary/aromatic N) is 4. The molecular weight excluding hydrogens is 381 g/mol. The molecule has 0 spiro atoms. The normalized spacial score (nSPS) is 18.2. The maximum atomic E-state index is 9.88. The van der Waals surface area contributed by atoms with Crippen LogP contribution in [0.4, 0.5) is 5.82 Å². The number of hydrogen-bond acceptors (Lipinski definition) is 6. The van der Waals surface area contributed by atoms with Gasteiger partial charge in [-0.1, -0.05) is 46.7 Å². The van der Waals surface area contributed by atoms with E-state index in [1.807, 2.05) is 12.1 Å². The molecular formula is C16H17Cl2N5OS. The molecule has 1 fully saturated rings. The van der Waals surface area contributed by atoms with Crippen molar-refractivity contribution in [3.63, 3.8) is 0 Å². The van der Waals surface area contributed by atoms with Gasteiger partial charge in [0, 0.05) is 24.7 Å². The van der Waals surface area contributed by atoms with Crippen LogP contribution in [0.15, 0.2) is 18.2 Å². The molecule has 1 aromatic carbocycles. The number of halogens is 2. The van der Waals surface area contributed by atoms with Crippen molar-refractivity contribution in [2.24, 2.45) is 5.73 Å². The number of fused-ring (bicyclic) bond motifs is 1. The second-order valence-electron chi connectivity index (χ2n) is 6.09. The Morgan fingerprint density at radius 1 is 1.36 bits per heavy atom. The maximum Gasteiger partial charge on any atom is 0.214 e. The standard InChI is InChI=1S/C16H17Cl2N5OS/c17-11-5-1-4-10(13(11)18)15-21-23-12(8-24)14(20-16(23)25-15)22-6-2-3-9(19)7-22/h1,4-5,9,24H,2-3,6-8,19H2. The number of piperidine rings is 1. The van der Waals surface area contributed by atoms with E-state index in [0.717, 1.165) is 37.3 Å². The lowest BCUT2D eigenvalue weighted by atomic mass is 10.1. The third kappa shape index (κ3) is 3.00. The Kier molecular flexibility index (Phi) is 4.59. The summed E-state index contributed by atoms with van der Waals surface area (Å²) in [4.78, 5) is 7.54. The van der Waals surface area contributed by atoms with Crippen molar-refractivity contribution in [3.05, 3.63) is 33.9 Å². The molecule has 3 aromatic rings. The van der Waals surface area contributed by atoms with E-state index in [1.165, 1.54) is 11.3 Å². The molecule has 132 valence electrons. The Balaban J connectivity index is 1.77. The Labute approximate surface area is 158 Å². The molecule has 0 saturated carbocycles. The minimum atomic E-state index is -0.144. The first-order chi connectivity index (χ1) is 12.1. The molecule has 9 heteroatoms. The van der Waals surface area contributed by atoms with Gasteiger partial charge in [0.25, 0.3) is 0 Å². The zero-order valence-electron chi connectivity index (χ0n) is 13.3. The number of nitrogens with two attached hydrogens (primary N) is 1. The van der Waals surface area contributed by atoms with Crippen molar-refractivity contribution in [3.8, 4) is 10.6 Å². The number of aromatic nitrogens is 3. The molecule has 1 atom stereocenters. The molecule has 0 aliphatic carbocycles. The van der Waals surface area contributed by atoms with Gasteiger partial charge in [-0.3, -0.25) is 0 Å². The second kappa shape index (κ2) is 6.74. The van der Waals surface area contributed by atoms with Gasteiger partial charge in [-0.25, -0.2) is 4.52 Å². The Morgan fingerprint density at radius 3 is 2.96 bits per heavy atom. The van der Waals surface area contributed by atoms with E-state index in [9.17, 15) is 5.11 Å². The van der Waals surface area contributed by atoms with Crippen molar-refractivity contribution in [1.29, 1.82) is 0 Å². The highest BCUT2D eigenvalue weighted by Gasteiger charge is 2.25. The van der Waals surface area contributed by atoms with Gasteiger partial charge in [0.2, 0.25) is 4.96 Å². The van der Waals surface area contributed by atoms with Crippen LogP contribution in [0.2, 0.25) is 10.0 Å². The van der Waals surface area contributed by atoms with Gasteiger partial charge < -0.3 is 15.7 Å². The van der Waals surface area contributed by atoms with Gasteiger partial charge in [0.05, 0.1) is 16.7 Å². The largest absolute Gasteiger partial charge is 0.390 e. The first kappa shape index (κ1) is 17.1. The lowest BCUT2D eigenvalue weighted by Gasteiger charge is -2.31. The van der Waals surface area contributed by atoms with Crippen LogP contribution in [0.3, 0.4) is 0 Å². The average Bonchev–Trinajstić information content (AvgIpc) is 3.14.